The van der Waals surface area contributed by atoms with E-state index in [9.17, 15) is 10.4 Å². The smallest absolute Gasteiger partial charge is 0.142 e. The minimum atomic E-state index is -0.211. The summed E-state index contributed by atoms with van der Waals surface area (Å²) in [6.45, 7) is 5.38. The summed E-state index contributed by atoms with van der Waals surface area (Å²) in [5.41, 5.74) is 6.40. The molecule has 3 atom stereocenters. The molecule has 6 rings (SSSR count). The molecule has 256 valence electrons. The molecule has 10 heteroatoms. The normalized spacial score (nSPS) is 18.0. The molecule has 0 radical (unpaired) electrons. The number of aliphatic hydroxyl groups excluding tert-OH is 1. The van der Waals surface area contributed by atoms with Crippen molar-refractivity contribution in [1.29, 1.82) is 5.26 Å². The van der Waals surface area contributed by atoms with Crippen LogP contribution in [0.4, 0.5) is 0 Å². The maximum absolute atomic E-state index is 9.54. The third kappa shape index (κ3) is 8.49. The van der Waals surface area contributed by atoms with Gasteiger partial charge in [0.2, 0.25) is 0 Å². The number of piperidine rings is 1. The van der Waals surface area contributed by atoms with Crippen LogP contribution in [0.15, 0.2) is 67.0 Å². The highest BCUT2D eigenvalue weighted by Gasteiger charge is 2.29. The van der Waals surface area contributed by atoms with Crippen LogP contribution in [0.3, 0.4) is 0 Å². The summed E-state index contributed by atoms with van der Waals surface area (Å²) in [7, 11) is 2.16. The van der Waals surface area contributed by atoms with Crippen molar-refractivity contribution in [3.8, 4) is 34.4 Å². The average molecular weight is 702 g/mol. The highest BCUT2D eigenvalue weighted by atomic mass is 35.5. The number of nitrogens with one attached hydrogen (secondary N) is 1. The number of nitrogens with zero attached hydrogens (tertiary/aromatic N) is 3. The van der Waals surface area contributed by atoms with E-state index < -0.39 is 0 Å². The minimum absolute atomic E-state index is 0.00161. The number of nitriles is 1. The van der Waals surface area contributed by atoms with Crippen LogP contribution in [0.25, 0.3) is 11.1 Å². The van der Waals surface area contributed by atoms with Gasteiger partial charge in [-0.05, 0) is 81.1 Å². The molecule has 1 aliphatic heterocycles. The average Bonchev–Trinajstić information content (AvgIpc) is 3.53. The van der Waals surface area contributed by atoms with Crippen molar-refractivity contribution in [2.45, 2.75) is 57.9 Å². The third-order valence-corrected chi connectivity index (χ3v) is 9.97. The fourth-order valence-electron chi connectivity index (χ4n) is 6.67. The van der Waals surface area contributed by atoms with Crippen LogP contribution in [0.5, 0.6) is 17.2 Å². The zero-order valence-electron chi connectivity index (χ0n) is 27.9. The fraction of sp³-hybridized carbons (Fsp3) is 0.385. The summed E-state index contributed by atoms with van der Waals surface area (Å²) in [4.78, 5) is 6.51. The number of likely N-dealkylation sites (tertiary alicyclic amines) is 1. The van der Waals surface area contributed by atoms with Gasteiger partial charge in [0.1, 0.15) is 36.0 Å². The lowest BCUT2D eigenvalue weighted by Crippen LogP contribution is -2.34. The van der Waals surface area contributed by atoms with Gasteiger partial charge in [-0.15, -0.1) is 0 Å². The van der Waals surface area contributed by atoms with E-state index in [1.54, 1.807) is 12.3 Å². The summed E-state index contributed by atoms with van der Waals surface area (Å²) >= 11 is 13.9. The molecule has 1 fully saturated rings. The molecule has 8 nitrogen and oxygen atoms in total. The summed E-state index contributed by atoms with van der Waals surface area (Å²) in [6, 6.07) is 19.7. The zero-order chi connectivity index (χ0) is 34.3. The lowest BCUT2D eigenvalue weighted by atomic mass is 9.96. The number of aromatic nitrogens is 1. The van der Waals surface area contributed by atoms with E-state index in [1.807, 2.05) is 37.3 Å². The molecule has 3 aromatic carbocycles. The van der Waals surface area contributed by atoms with Crippen LogP contribution in [0.1, 0.15) is 60.1 Å². The van der Waals surface area contributed by atoms with Gasteiger partial charge < -0.3 is 29.5 Å². The van der Waals surface area contributed by atoms with Gasteiger partial charge in [-0.2, -0.15) is 5.26 Å². The van der Waals surface area contributed by atoms with Crippen LogP contribution in [-0.4, -0.2) is 54.4 Å². The number of hydrogen-bond acceptors (Lipinski definition) is 8. The first-order valence-electron chi connectivity index (χ1n) is 16.8. The first-order chi connectivity index (χ1) is 23.8. The van der Waals surface area contributed by atoms with Gasteiger partial charge in [-0.3, -0.25) is 4.98 Å². The fourth-order valence-corrected chi connectivity index (χ4v) is 7.18. The van der Waals surface area contributed by atoms with E-state index in [0.29, 0.717) is 51.9 Å². The van der Waals surface area contributed by atoms with E-state index in [1.165, 1.54) is 24.6 Å². The van der Waals surface area contributed by atoms with Gasteiger partial charge in [0, 0.05) is 60.2 Å². The lowest BCUT2D eigenvalue weighted by molar-refractivity contribution is 0.150. The van der Waals surface area contributed by atoms with E-state index in [0.717, 1.165) is 53.7 Å². The Hall–Kier alpha value is -3.84. The first kappa shape index (κ1) is 35.0. The number of halogens is 2. The topological polar surface area (TPSA) is 99.9 Å². The predicted octanol–water partition coefficient (Wildman–Crippen LogP) is 7.76. The van der Waals surface area contributed by atoms with E-state index in [4.69, 9.17) is 37.4 Å². The minimum Gasteiger partial charge on any atom is -0.492 e. The second-order valence-electron chi connectivity index (χ2n) is 13.1. The van der Waals surface area contributed by atoms with Gasteiger partial charge in [0.25, 0.3) is 0 Å². The molecule has 2 aliphatic rings. The maximum Gasteiger partial charge on any atom is 0.142 e. The number of pyridine rings is 1. The number of hydrogen-bond donors (Lipinski definition) is 2. The molecule has 0 amide bonds. The maximum atomic E-state index is 9.54. The van der Waals surface area contributed by atoms with Crippen molar-refractivity contribution < 1.29 is 19.3 Å². The quantitative estimate of drug-likeness (QED) is 0.146. The summed E-state index contributed by atoms with van der Waals surface area (Å²) in [5, 5.41) is 23.2. The van der Waals surface area contributed by atoms with Crippen LogP contribution >= 0.6 is 23.2 Å². The first-order valence-corrected chi connectivity index (χ1v) is 17.6. The van der Waals surface area contributed by atoms with Gasteiger partial charge in [0.15, 0.2) is 0 Å². The number of rotatable bonds is 13. The molecule has 1 aromatic heterocycles. The zero-order valence-corrected chi connectivity index (χ0v) is 29.4. The van der Waals surface area contributed by atoms with Crippen molar-refractivity contribution >= 4 is 23.2 Å². The number of benzene rings is 3. The highest BCUT2D eigenvalue weighted by molar-refractivity contribution is 6.35. The molecule has 0 saturated carbocycles. The van der Waals surface area contributed by atoms with Crippen molar-refractivity contribution in [3.05, 3.63) is 105 Å². The van der Waals surface area contributed by atoms with Crippen LogP contribution < -0.4 is 19.5 Å². The summed E-state index contributed by atoms with van der Waals surface area (Å²) in [5.74, 6) is 2.32. The number of fused-ring (bicyclic) bond motifs is 1. The molecule has 2 N–H and O–H groups in total. The Balaban J connectivity index is 1.22. The van der Waals surface area contributed by atoms with Crippen molar-refractivity contribution in [2.24, 2.45) is 5.92 Å². The second-order valence-corrected chi connectivity index (χ2v) is 13.8. The highest BCUT2D eigenvalue weighted by Crippen LogP contribution is 2.45. The number of ether oxygens (including phenoxy) is 3. The Morgan fingerprint density at radius 1 is 1.04 bits per heavy atom. The van der Waals surface area contributed by atoms with Crippen LogP contribution in [0, 0.1) is 17.2 Å². The Labute approximate surface area is 298 Å². The molecule has 0 spiro atoms. The molecular formula is C39H42Cl2N4O4. The molecule has 0 bridgehead atoms. The van der Waals surface area contributed by atoms with Crippen molar-refractivity contribution in [3.63, 3.8) is 0 Å². The Morgan fingerprint density at radius 2 is 1.88 bits per heavy atom. The SMILES string of the molecule is CC(CO)NCc1cc(Cl)c(OC2CCc3c(-c4cccc(OCC5CCCN(C)C5)c4Cl)cccc32)cc1OCc1cncc(C#N)c1. The molecule has 1 aliphatic carbocycles. The van der Waals surface area contributed by atoms with E-state index in [2.05, 4.69) is 46.5 Å². The Kier molecular flexibility index (Phi) is 11.6. The summed E-state index contributed by atoms with van der Waals surface area (Å²) < 4.78 is 19.2. The standard InChI is InChI=1S/C39H42Cl2N4O4/c1-25(22-46)44-20-29-15-34(40)38(16-37(29)48-24-28-14-27(17-42)18-43-19-28)49-35-12-11-31-30(7-3-8-32(31)35)33-9-4-10-36(39(33)41)47-23-26-6-5-13-45(2)21-26/h3-4,7-10,14-16,18-19,25-26,35,44,46H,5-6,11-13,20-24H2,1-2H3. The van der Waals surface area contributed by atoms with Gasteiger partial charge in [-0.1, -0.05) is 53.5 Å². The Bertz CT molecular complexity index is 1810. The third-order valence-electron chi connectivity index (χ3n) is 9.28. The molecule has 3 unspecified atom stereocenters. The second kappa shape index (κ2) is 16.2. The molecule has 2 heterocycles. The van der Waals surface area contributed by atoms with Gasteiger partial charge >= 0.3 is 0 Å². The van der Waals surface area contributed by atoms with Crippen LogP contribution in [0.2, 0.25) is 10.0 Å². The molecule has 1 saturated heterocycles. The van der Waals surface area contributed by atoms with Crippen LogP contribution in [-0.2, 0) is 19.6 Å². The largest absolute Gasteiger partial charge is 0.492 e. The molecule has 4 aromatic rings. The predicted molar refractivity (Wildman–Crippen MR) is 192 cm³/mol. The van der Waals surface area contributed by atoms with Crippen molar-refractivity contribution in [1.82, 2.24) is 15.2 Å². The van der Waals surface area contributed by atoms with Gasteiger partial charge in [0.05, 0.1) is 28.8 Å². The summed E-state index contributed by atoms with van der Waals surface area (Å²) in [6.07, 6.45) is 6.96. The molecular weight excluding hydrogens is 659 g/mol. The van der Waals surface area contributed by atoms with E-state index >= 15 is 0 Å². The number of aliphatic hydroxyl groups is 1. The monoisotopic (exact) mass is 700 g/mol. The lowest BCUT2D eigenvalue weighted by Gasteiger charge is -2.29. The van der Waals surface area contributed by atoms with Crippen molar-refractivity contribution in [2.75, 3.05) is 33.4 Å². The van der Waals surface area contributed by atoms with E-state index in [-0.39, 0.29) is 25.4 Å². The Morgan fingerprint density at radius 3 is 2.69 bits per heavy atom. The van der Waals surface area contributed by atoms with Gasteiger partial charge in [-0.25, -0.2) is 0 Å². The molecule has 49 heavy (non-hydrogen) atoms.